The number of aryl methyl sites for hydroxylation is 2. The van der Waals surface area contributed by atoms with E-state index in [0.29, 0.717) is 28.7 Å². The Morgan fingerprint density at radius 1 is 1.05 bits per heavy atom. The summed E-state index contributed by atoms with van der Waals surface area (Å²) in [7, 11) is -1.33. The van der Waals surface area contributed by atoms with Crippen LogP contribution in [0.4, 0.5) is 5.95 Å². The molecule has 0 aliphatic rings. The van der Waals surface area contributed by atoms with Crippen molar-refractivity contribution in [1.29, 1.82) is 0 Å². The monoisotopic (exact) mass is 528 g/mol. The van der Waals surface area contributed by atoms with E-state index in [-0.39, 0.29) is 17.6 Å². The summed E-state index contributed by atoms with van der Waals surface area (Å²) in [5.41, 5.74) is -0.804. The number of hydrogen-bond donors (Lipinski definition) is 2. The fraction of sp³-hybridized carbons (Fsp3) is 0.333. The molecule has 0 saturated carbocycles. The van der Waals surface area contributed by atoms with E-state index in [1.165, 1.54) is 45.0 Å². The molecule has 2 N–H and O–H groups in total. The molecule has 0 aliphatic carbocycles. The summed E-state index contributed by atoms with van der Waals surface area (Å²) in [5.74, 6) is 1.72. The van der Waals surface area contributed by atoms with Crippen LogP contribution < -0.4 is 14.2 Å². The molecule has 0 radical (unpaired) electrons. The number of methoxy groups -OCH3 is 2. The Hall–Kier alpha value is -3.97. The Kier molecular flexibility index (Phi) is 6.93. The number of anilines is 1. The van der Waals surface area contributed by atoms with E-state index in [1.807, 2.05) is 0 Å². The van der Waals surface area contributed by atoms with Gasteiger partial charge in [-0.15, -0.1) is 10.2 Å². The third-order valence-corrected chi connectivity index (χ3v) is 7.83. The third-order valence-electron chi connectivity index (χ3n) is 5.97. The van der Waals surface area contributed by atoms with E-state index < -0.39 is 20.9 Å². The van der Waals surface area contributed by atoms with E-state index in [0.717, 1.165) is 5.56 Å². The Labute approximate surface area is 214 Å². The highest BCUT2D eigenvalue weighted by Crippen LogP contribution is 2.38. The van der Waals surface area contributed by atoms with Crippen LogP contribution in [-0.2, 0) is 15.6 Å². The van der Waals surface area contributed by atoms with Crippen molar-refractivity contribution in [3.8, 4) is 28.8 Å². The van der Waals surface area contributed by atoms with Crippen molar-refractivity contribution in [3.63, 3.8) is 0 Å². The average molecular weight is 529 g/mol. The van der Waals surface area contributed by atoms with Crippen molar-refractivity contribution in [2.45, 2.75) is 38.5 Å². The maximum Gasteiger partial charge on any atom is 0.243 e. The molecule has 13 heteroatoms. The smallest absolute Gasteiger partial charge is 0.243 e. The SMILES string of the molecule is COc1cccc(OC)c1-n1c(NS(=O)(=O)[C@H](C)C(C)(O)c2ncc(C)cn2)nnc1-c1ccc(C)o1. The lowest BCUT2D eigenvalue weighted by molar-refractivity contribution is 0.0471. The maximum absolute atomic E-state index is 13.5. The largest absolute Gasteiger partial charge is 0.494 e. The van der Waals surface area contributed by atoms with Gasteiger partial charge < -0.3 is 19.0 Å². The summed E-state index contributed by atoms with van der Waals surface area (Å²) in [4.78, 5) is 8.23. The van der Waals surface area contributed by atoms with Crippen LogP contribution in [0.2, 0.25) is 0 Å². The van der Waals surface area contributed by atoms with Crippen LogP contribution in [0.15, 0.2) is 47.1 Å². The van der Waals surface area contributed by atoms with Gasteiger partial charge in [-0.05, 0) is 57.5 Å². The minimum atomic E-state index is -4.28. The molecule has 0 saturated heterocycles. The van der Waals surface area contributed by atoms with Gasteiger partial charge in [-0.1, -0.05) is 6.07 Å². The third kappa shape index (κ3) is 4.87. The van der Waals surface area contributed by atoms with Gasteiger partial charge in [0.15, 0.2) is 11.6 Å². The van der Waals surface area contributed by atoms with Gasteiger partial charge in [0.05, 0.1) is 14.2 Å². The predicted octanol–water partition coefficient (Wildman–Crippen LogP) is 2.99. The number of furan rings is 1. The van der Waals surface area contributed by atoms with E-state index >= 15 is 0 Å². The summed E-state index contributed by atoms with van der Waals surface area (Å²) >= 11 is 0. The van der Waals surface area contributed by atoms with Crippen molar-refractivity contribution < 1.29 is 27.4 Å². The Morgan fingerprint density at radius 3 is 2.22 bits per heavy atom. The van der Waals surface area contributed by atoms with Gasteiger partial charge in [0.1, 0.15) is 33.8 Å². The highest BCUT2D eigenvalue weighted by Gasteiger charge is 2.43. The minimum absolute atomic E-state index is 0.0319. The second-order valence-electron chi connectivity index (χ2n) is 8.62. The molecule has 37 heavy (non-hydrogen) atoms. The van der Waals surface area contributed by atoms with Crippen LogP contribution in [0.25, 0.3) is 17.3 Å². The first-order chi connectivity index (χ1) is 17.5. The van der Waals surface area contributed by atoms with E-state index in [9.17, 15) is 13.5 Å². The molecule has 2 atom stereocenters. The molecule has 0 spiro atoms. The van der Waals surface area contributed by atoms with Crippen molar-refractivity contribution in [2.75, 3.05) is 18.9 Å². The summed E-state index contributed by atoms with van der Waals surface area (Å²) < 4.78 is 47.8. The van der Waals surface area contributed by atoms with Gasteiger partial charge in [-0.3, -0.25) is 9.29 Å². The second kappa shape index (κ2) is 9.82. The van der Waals surface area contributed by atoms with Crippen LogP contribution in [0, 0.1) is 13.8 Å². The molecule has 0 aliphatic heterocycles. The van der Waals surface area contributed by atoms with Crippen molar-refractivity contribution in [3.05, 3.63) is 59.9 Å². The fourth-order valence-electron chi connectivity index (χ4n) is 3.68. The van der Waals surface area contributed by atoms with Crippen LogP contribution in [-0.4, -0.2) is 57.7 Å². The number of nitrogens with zero attached hydrogens (tertiary/aromatic N) is 5. The number of benzene rings is 1. The lowest BCUT2D eigenvalue weighted by atomic mass is 10.0. The number of para-hydroxylation sites is 1. The first kappa shape index (κ1) is 26.1. The zero-order valence-corrected chi connectivity index (χ0v) is 22.1. The molecule has 4 rings (SSSR count). The average Bonchev–Trinajstić information content (AvgIpc) is 3.48. The molecule has 196 valence electrons. The Balaban J connectivity index is 1.84. The number of rotatable bonds is 9. The molecule has 1 aromatic carbocycles. The van der Waals surface area contributed by atoms with Gasteiger partial charge in [-0.25, -0.2) is 18.4 Å². The predicted molar refractivity (Wildman–Crippen MR) is 135 cm³/mol. The Bertz CT molecular complexity index is 1490. The fourth-order valence-corrected chi connectivity index (χ4v) is 4.96. The van der Waals surface area contributed by atoms with Crippen LogP contribution >= 0.6 is 0 Å². The van der Waals surface area contributed by atoms with Gasteiger partial charge in [0, 0.05) is 12.4 Å². The Morgan fingerprint density at radius 2 is 1.68 bits per heavy atom. The standard InChI is InChI=1S/C24H28N6O6S/c1-14-12-25-22(26-13-14)24(4,31)16(3)37(32,33)29-23-28-27-21(19-11-10-15(2)36-19)30(23)20-17(34-5)8-7-9-18(20)35-6/h7-13,16,31H,1-6H3,(H,28,29)/t16-,24?/m1/s1. The normalized spacial score (nSPS) is 14.1. The number of aromatic nitrogens is 5. The second-order valence-corrected chi connectivity index (χ2v) is 10.6. The topological polar surface area (TPSA) is 154 Å². The first-order valence-electron chi connectivity index (χ1n) is 11.3. The zero-order valence-electron chi connectivity index (χ0n) is 21.3. The van der Waals surface area contributed by atoms with Crippen molar-refractivity contribution in [1.82, 2.24) is 24.7 Å². The number of sulfonamides is 1. The van der Waals surface area contributed by atoms with Crippen LogP contribution in [0.1, 0.15) is 31.0 Å². The zero-order chi connectivity index (χ0) is 27.0. The van der Waals surface area contributed by atoms with E-state index in [1.54, 1.807) is 44.2 Å². The van der Waals surface area contributed by atoms with Gasteiger partial charge >= 0.3 is 0 Å². The highest BCUT2D eigenvalue weighted by atomic mass is 32.2. The van der Waals surface area contributed by atoms with Gasteiger partial charge in [0.25, 0.3) is 0 Å². The molecule has 0 amide bonds. The number of aliphatic hydroxyl groups is 1. The summed E-state index contributed by atoms with van der Waals surface area (Å²) in [6, 6.07) is 8.55. The number of hydrogen-bond acceptors (Lipinski definition) is 10. The molecule has 3 aromatic heterocycles. The van der Waals surface area contributed by atoms with Crippen molar-refractivity contribution >= 4 is 16.0 Å². The molecule has 3 heterocycles. The summed E-state index contributed by atoms with van der Waals surface area (Å²) in [5, 5.41) is 18.1. The number of ether oxygens (including phenoxy) is 2. The first-order valence-corrected chi connectivity index (χ1v) is 12.8. The molecule has 0 bridgehead atoms. The molecule has 1 unspecified atom stereocenters. The van der Waals surface area contributed by atoms with Crippen LogP contribution in [0.5, 0.6) is 11.5 Å². The quantitative estimate of drug-likeness (QED) is 0.331. The van der Waals surface area contributed by atoms with E-state index in [4.69, 9.17) is 13.9 Å². The maximum atomic E-state index is 13.5. The molecule has 0 fully saturated rings. The van der Waals surface area contributed by atoms with E-state index in [2.05, 4.69) is 24.9 Å². The summed E-state index contributed by atoms with van der Waals surface area (Å²) in [6.07, 6.45) is 3.01. The lowest BCUT2D eigenvalue weighted by Crippen LogP contribution is -2.44. The number of nitrogens with one attached hydrogen (secondary N) is 1. The van der Waals surface area contributed by atoms with Crippen molar-refractivity contribution in [2.24, 2.45) is 0 Å². The van der Waals surface area contributed by atoms with Gasteiger partial charge in [0.2, 0.25) is 21.8 Å². The molecular weight excluding hydrogens is 500 g/mol. The minimum Gasteiger partial charge on any atom is -0.494 e. The molecule has 12 nitrogen and oxygen atoms in total. The molecular formula is C24H28N6O6S. The summed E-state index contributed by atoms with van der Waals surface area (Å²) in [6.45, 7) is 6.25. The van der Waals surface area contributed by atoms with Crippen LogP contribution in [0.3, 0.4) is 0 Å². The highest BCUT2D eigenvalue weighted by molar-refractivity contribution is 7.93. The molecule has 4 aromatic rings. The lowest BCUT2D eigenvalue weighted by Gasteiger charge is -2.28. The van der Waals surface area contributed by atoms with Gasteiger partial charge in [-0.2, -0.15) is 0 Å².